The molecule has 0 aromatic heterocycles. The third kappa shape index (κ3) is 14.1. The SMILES string of the molecule is CC(C)(C)CCCC([NH3+])CCCC[Si](C)(C)C. The average Bonchev–Trinajstić information content (AvgIpc) is 2.09. The Hall–Kier alpha value is 0.177. The number of rotatable bonds is 8. The predicted molar refractivity (Wildman–Crippen MR) is 82.0 cm³/mol. The zero-order valence-electron chi connectivity index (χ0n) is 13.2. The Morgan fingerprint density at radius 2 is 1.47 bits per heavy atom. The summed E-state index contributed by atoms with van der Waals surface area (Å²) in [4.78, 5) is 0. The first-order valence-electron chi connectivity index (χ1n) is 7.43. The van der Waals surface area contributed by atoms with Crippen molar-refractivity contribution >= 4 is 8.07 Å². The monoisotopic (exact) mass is 258 g/mol. The highest BCUT2D eigenvalue weighted by Gasteiger charge is 2.14. The molecule has 2 heteroatoms. The van der Waals surface area contributed by atoms with E-state index in [0.717, 1.165) is 0 Å². The number of hydrogen-bond donors (Lipinski definition) is 1. The van der Waals surface area contributed by atoms with E-state index in [4.69, 9.17) is 0 Å². The molecule has 0 aliphatic heterocycles. The van der Waals surface area contributed by atoms with Crippen molar-refractivity contribution in [1.82, 2.24) is 0 Å². The molecular weight excluding hydrogens is 222 g/mol. The summed E-state index contributed by atoms with van der Waals surface area (Å²) in [6.45, 7) is 14.4. The normalized spacial score (nSPS) is 15.0. The fourth-order valence-corrected chi connectivity index (χ4v) is 3.46. The van der Waals surface area contributed by atoms with Crippen LogP contribution in [0.1, 0.15) is 59.3 Å². The largest absolute Gasteiger partial charge is 0.355 e. The Labute approximate surface area is 111 Å². The lowest BCUT2D eigenvalue weighted by atomic mass is 9.88. The molecule has 3 N–H and O–H groups in total. The smallest absolute Gasteiger partial charge is 0.0843 e. The summed E-state index contributed by atoms with van der Waals surface area (Å²) in [6, 6.07) is 2.18. The molecule has 0 aromatic rings. The molecular formula is C15H36NSi+. The van der Waals surface area contributed by atoms with Crippen molar-refractivity contribution in [3.05, 3.63) is 0 Å². The van der Waals surface area contributed by atoms with Crippen LogP contribution in [0.5, 0.6) is 0 Å². The van der Waals surface area contributed by atoms with Gasteiger partial charge in [-0.05, 0) is 37.5 Å². The van der Waals surface area contributed by atoms with E-state index in [1.807, 2.05) is 0 Å². The maximum atomic E-state index is 4.30. The van der Waals surface area contributed by atoms with E-state index in [1.165, 1.54) is 44.6 Å². The van der Waals surface area contributed by atoms with Crippen LogP contribution >= 0.6 is 0 Å². The fraction of sp³-hybridized carbons (Fsp3) is 1.00. The van der Waals surface area contributed by atoms with Gasteiger partial charge in [0.25, 0.3) is 0 Å². The van der Waals surface area contributed by atoms with Crippen LogP contribution in [-0.4, -0.2) is 14.1 Å². The molecule has 0 spiro atoms. The summed E-state index contributed by atoms with van der Waals surface area (Å²) in [5, 5.41) is 0. The lowest BCUT2D eigenvalue weighted by molar-refractivity contribution is -0.423. The number of unbranched alkanes of at least 4 members (excludes halogenated alkanes) is 1. The quantitative estimate of drug-likeness (QED) is 0.496. The van der Waals surface area contributed by atoms with E-state index >= 15 is 0 Å². The lowest BCUT2D eigenvalue weighted by Crippen LogP contribution is -2.60. The summed E-state index contributed by atoms with van der Waals surface area (Å²) in [5.74, 6) is 0. The van der Waals surface area contributed by atoms with Crippen molar-refractivity contribution in [2.75, 3.05) is 0 Å². The van der Waals surface area contributed by atoms with Crippen LogP contribution in [0.15, 0.2) is 0 Å². The van der Waals surface area contributed by atoms with Crippen LogP contribution in [0.25, 0.3) is 0 Å². The molecule has 1 unspecified atom stereocenters. The molecule has 17 heavy (non-hydrogen) atoms. The third-order valence-corrected chi connectivity index (χ3v) is 5.18. The van der Waals surface area contributed by atoms with Gasteiger partial charge in [0.2, 0.25) is 0 Å². The Morgan fingerprint density at radius 1 is 0.941 bits per heavy atom. The minimum atomic E-state index is -0.800. The zero-order chi connectivity index (χ0) is 13.5. The molecule has 0 bridgehead atoms. The van der Waals surface area contributed by atoms with Crippen molar-refractivity contribution in [3.8, 4) is 0 Å². The van der Waals surface area contributed by atoms with Gasteiger partial charge in [-0.3, -0.25) is 0 Å². The van der Waals surface area contributed by atoms with E-state index in [9.17, 15) is 0 Å². The summed E-state index contributed by atoms with van der Waals surface area (Å²) >= 11 is 0. The van der Waals surface area contributed by atoms with Gasteiger partial charge in [0.15, 0.2) is 0 Å². The van der Waals surface area contributed by atoms with Crippen LogP contribution in [0.2, 0.25) is 25.7 Å². The maximum Gasteiger partial charge on any atom is 0.0843 e. The van der Waals surface area contributed by atoms with Crippen molar-refractivity contribution in [1.29, 1.82) is 0 Å². The Balaban J connectivity index is 3.44. The maximum absolute atomic E-state index is 4.30. The van der Waals surface area contributed by atoms with Gasteiger partial charge in [-0.2, -0.15) is 0 Å². The number of quaternary nitrogens is 1. The first kappa shape index (κ1) is 17.2. The van der Waals surface area contributed by atoms with Gasteiger partial charge in [-0.1, -0.05) is 52.9 Å². The van der Waals surface area contributed by atoms with Crippen LogP contribution < -0.4 is 5.73 Å². The molecule has 0 rings (SSSR count). The molecule has 0 aromatic carbocycles. The lowest BCUT2D eigenvalue weighted by Gasteiger charge is -2.19. The second kappa shape index (κ2) is 7.58. The molecule has 0 aliphatic carbocycles. The van der Waals surface area contributed by atoms with E-state index in [0.29, 0.717) is 11.5 Å². The van der Waals surface area contributed by atoms with Crippen LogP contribution in [-0.2, 0) is 0 Å². The van der Waals surface area contributed by atoms with Gasteiger partial charge >= 0.3 is 0 Å². The molecule has 0 radical (unpaired) electrons. The van der Waals surface area contributed by atoms with E-state index < -0.39 is 8.07 Å². The van der Waals surface area contributed by atoms with Gasteiger partial charge in [0.1, 0.15) is 0 Å². The van der Waals surface area contributed by atoms with Gasteiger partial charge in [-0.15, -0.1) is 0 Å². The molecule has 0 heterocycles. The Kier molecular flexibility index (Phi) is 7.66. The molecule has 1 nitrogen and oxygen atoms in total. The standard InChI is InChI=1S/C15H35NSi/c1-15(2,3)12-9-11-14(16)10-7-8-13-17(4,5)6/h14H,7-13,16H2,1-6H3/p+1. The van der Waals surface area contributed by atoms with Gasteiger partial charge in [-0.25, -0.2) is 0 Å². The minimum Gasteiger partial charge on any atom is -0.355 e. The molecule has 0 saturated heterocycles. The van der Waals surface area contributed by atoms with Crippen LogP contribution in [0.4, 0.5) is 0 Å². The average molecular weight is 259 g/mol. The highest BCUT2D eigenvalue weighted by atomic mass is 28.3. The number of hydrogen-bond acceptors (Lipinski definition) is 0. The molecule has 0 aliphatic rings. The topological polar surface area (TPSA) is 27.6 Å². The second-order valence-corrected chi connectivity index (χ2v) is 13.7. The zero-order valence-corrected chi connectivity index (χ0v) is 14.2. The van der Waals surface area contributed by atoms with E-state index in [-0.39, 0.29) is 0 Å². The molecule has 0 fully saturated rings. The first-order chi connectivity index (χ1) is 7.60. The molecule has 1 atom stereocenters. The molecule has 0 amide bonds. The van der Waals surface area contributed by atoms with E-state index in [2.05, 4.69) is 46.1 Å². The Bertz CT molecular complexity index is 188. The highest BCUT2D eigenvalue weighted by Crippen LogP contribution is 2.22. The fourth-order valence-electron chi connectivity index (χ4n) is 2.15. The molecule has 104 valence electrons. The second-order valence-electron chi connectivity index (χ2n) is 8.13. The van der Waals surface area contributed by atoms with Gasteiger partial charge < -0.3 is 5.73 Å². The van der Waals surface area contributed by atoms with Crippen LogP contribution in [0, 0.1) is 5.41 Å². The highest BCUT2D eigenvalue weighted by molar-refractivity contribution is 6.76. The van der Waals surface area contributed by atoms with Crippen molar-refractivity contribution in [3.63, 3.8) is 0 Å². The first-order valence-corrected chi connectivity index (χ1v) is 11.1. The summed E-state index contributed by atoms with van der Waals surface area (Å²) in [6.07, 6.45) is 8.19. The molecule has 0 saturated carbocycles. The van der Waals surface area contributed by atoms with E-state index in [1.54, 1.807) is 0 Å². The van der Waals surface area contributed by atoms with Crippen molar-refractivity contribution in [2.45, 2.75) is 91.0 Å². The third-order valence-electron chi connectivity index (χ3n) is 3.33. The summed E-state index contributed by atoms with van der Waals surface area (Å²) < 4.78 is 0. The van der Waals surface area contributed by atoms with Gasteiger partial charge in [0.05, 0.1) is 6.04 Å². The van der Waals surface area contributed by atoms with Crippen molar-refractivity contribution in [2.24, 2.45) is 5.41 Å². The Morgan fingerprint density at radius 3 is 1.94 bits per heavy atom. The predicted octanol–water partition coefficient (Wildman–Crippen LogP) is 4.32. The van der Waals surface area contributed by atoms with Gasteiger partial charge in [0, 0.05) is 8.07 Å². The van der Waals surface area contributed by atoms with Crippen LogP contribution in [0.3, 0.4) is 0 Å². The van der Waals surface area contributed by atoms with Crippen molar-refractivity contribution < 1.29 is 5.73 Å². The summed E-state index contributed by atoms with van der Waals surface area (Å²) in [5.41, 5.74) is 4.80. The summed E-state index contributed by atoms with van der Waals surface area (Å²) in [7, 11) is -0.800. The minimum absolute atomic E-state index is 0.498.